The summed E-state index contributed by atoms with van der Waals surface area (Å²) in [5.74, 6) is 4.51. The maximum Gasteiger partial charge on any atom is 0.222 e. The molecule has 0 aliphatic rings. The molecule has 0 aliphatic carbocycles. The highest BCUT2D eigenvalue weighted by atomic mass is 14.8. The first-order valence-electron chi connectivity index (χ1n) is 5.51. The number of hydrogen-bond donors (Lipinski definition) is 0. The lowest BCUT2D eigenvalue weighted by molar-refractivity contribution is -0.530. The predicted molar refractivity (Wildman–Crippen MR) is 67.3 cm³/mol. The third-order valence-electron chi connectivity index (χ3n) is 2.90. The van der Waals surface area contributed by atoms with Crippen molar-refractivity contribution in [1.29, 1.82) is 0 Å². The van der Waals surface area contributed by atoms with Crippen LogP contribution in [0, 0.1) is 0 Å². The average molecular weight is 205 g/mol. The van der Waals surface area contributed by atoms with E-state index in [0.29, 0.717) is 6.48 Å². The molecule has 0 atom stereocenters. The van der Waals surface area contributed by atoms with Gasteiger partial charge in [-0.2, -0.15) is 11.9 Å². The number of aromatic nitrogens is 1. The van der Waals surface area contributed by atoms with Crippen LogP contribution in [0.25, 0.3) is 10.8 Å². The maximum atomic E-state index is 2.29. The summed E-state index contributed by atoms with van der Waals surface area (Å²) < 4.78 is 2.20. The van der Waals surface area contributed by atoms with Gasteiger partial charge in [-0.1, -0.05) is 41.8 Å². The molecule has 0 bridgehead atoms. The number of rotatable bonds is 1. The fourth-order valence-corrected chi connectivity index (χ4v) is 2.05. The Morgan fingerprint density at radius 1 is 0.750 bits per heavy atom. The highest BCUT2D eigenvalue weighted by molar-refractivity contribution is 6.43. The van der Waals surface area contributed by atoms with Crippen molar-refractivity contribution in [2.45, 2.75) is 0 Å². The average Bonchev–Trinajstić information content (AvgIpc) is 2.39. The van der Waals surface area contributed by atoms with Crippen molar-refractivity contribution in [1.82, 2.24) is 0 Å². The quantitative estimate of drug-likeness (QED) is 0.574. The van der Waals surface area contributed by atoms with Gasteiger partial charge >= 0.3 is 0 Å². The van der Waals surface area contributed by atoms with E-state index in [1.807, 2.05) is 6.07 Å². The molecule has 0 saturated carbocycles. The lowest BCUT2D eigenvalue weighted by atomic mass is 9.76. The van der Waals surface area contributed by atoms with Crippen molar-refractivity contribution in [2.24, 2.45) is 0 Å². The molecule has 2 heterocycles. The second-order valence-electron chi connectivity index (χ2n) is 3.97. The van der Waals surface area contributed by atoms with Crippen LogP contribution >= 0.6 is 0 Å². The molecule has 0 amide bonds. The third kappa shape index (κ3) is 1.63. The molecule has 2 aromatic heterocycles. The smallest absolute Gasteiger partial charge is 0.222 e. The lowest BCUT2D eigenvalue weighted by Crippen LogP contribution is -2.41. The van der Waals surface area contributed by atoms with Crippen LogP contribution in [0.15, 0.2) is 72.8 Å². The molecule has 2 heteroatoms. The van der Waals surface area contributed by atoms with Gasteiger partial charge in [-0.25, -0.2) is 0 Å². The number of fused-ring (bicyclic) bond motifs is 1. The molecule has 0 unspecified atom stereocenters. The van der Waals surface area contributed by atoms with Crippen LogP contribution in [0.3, 0.4) is 0 Å². The minimum Gasteiger partial charge on any atom is -0.432 e. The Morgan fingerprint density at radius 2 is 1.50 bits per heavy atom. The van der Waals surface area contributed by atoms with E-state index < -0.39 is 0 Å². The van der Waals surface area contributed by atoms with E-state index in [2.05, 4.69) is 71.3 Å². The van der Waals surface area contributed by atoms with Crippen molar-refractivity contribution in [3.05, 3.63) is 72.8 Å². The van der Waals surface area contributed by atoms with Gasteiger partial charge in [-0.3, -0.25) is 0 Å². The van der Waals surface area contributed by atoms with Crippen LogP contribution in [0.2, 0.25) is 0 Å². The van der Waals surface area contributed by atoms with Crippen LogP contribution < -0.4 is 4.48 Å². The van der Waals surface area contributed by atoms with E-state index in [-0.39, 0.29) is 0 Å². The van der Waals surface area contributed by atoms with Crippen molar-refractivity contribution in [3.63, 3.8) is 0 Å². The first-order valence-corrected chi connectivity index (χ1v) is 5.51. The zero-order valence-electron chi connectivity index (χ0n) is 8.95. The summed E-state index contributed by atoms with van der Waals surface area (Å²) in [6.07, 6.45) is 4.19. The van der Waals surface area contributed by atoms with Gasteiger partial charge in [0, 0.05) is 0 Å². The fourth-order valence-electron chi connectivity index (χ4n) is 2.05. The normalized spacial score (nSPS) is 10.5. The summed E-state index contributed by atoms with van der Waals surface area (Å²) in [5, 5.41) is 2.61. The largest absolute Gasteiger partial charge is 0.432 e. The molecule has 0 N–H and O–H groups in total. The molecular weight excluding hydrogens is 193 g/mol. The molecule has 0 radical (unpaired) electrons. The van der Waals surface area contributed by atoms with Crippen molar-refractivity contribution < 1.29 is 4.48 Å². The van der Waals surface area contributed by atoms with Gasteiger partial charge in [0.15, 0.2) is 0 Å². The molecule has 16 heavy (non-hydrogen) atoms. The SMILES string of the molecule is c1cc[n+](-[b-]2ccc3ccccc3c2)cc1. The van der Waals surface area contributed by atoms with E-state index in [1.54, 1.807) is 0 Å². The Bertz CT molecular complexity index is 620. The first kappa shape index (κ1) is 9.28. The van der Waals surface area contributed by atoms with Gasteiger partial charge in [-0.15, -0.1) is 0 Å². The Morgan fingerprint density at radius 3 is 2.31 bits per heavy atom. The van der Waals surface area contributed by atoms with E-state index >= 15 is 0 Å². The first-order chi connectivity index (χ1) is 7.93. The summed E-state index contributed by atoms with van der Waals surface area (Å²) >= 11 is 0. The zero-order valence-corrected chi connectivity index (χ0v) is 8.95. The second kappa shape index (κ2) is 3.89. The van der Waals surface area contributed by atoms with Crippen molar-refractivity contribution in [3.8, 4) is 0 Å². The van der Waals surface area contributed by atoms with Gasteiger partial charge in [0.2, 0.25) is 6.48 Å². The van der Waals surface area contributed by atoms with Crippen molar-refractivity contribution >= 4 is 17.3 Å². The molecule has 0 fully saturated rings. The second-order valence-corrected chi connectivity index (χ2v) is 3.97. The van der Waals surface area contributed by atoms with Gasteiger partial charge in [-0.05, 0) is 17.5 Å². The van der Waals surface area contributed by atoms with Gasteiger partial charge in [0.25, 0.3) is 0 Å². The summed E-state index contributed by atoms with van der Waals surface area (Å²) in [6, 6.07) is 16.8. The molecule has 3 aromatic rings. The van der Waals surface area contributed by atoms with Crippen molar-refractivity contribution in [2.75, 3.05) is 0 Å². The summed E-state index contributed by atoms with van der Waals surface area (Å²) in [4.78, 5) is 0. The minimum atomic E-state index is 0.330. The van der Waals surface area contributed by atoms with E-state index in [0.717, 1.165) is 0 Å². The molecule has 0 saturated heterocycles. The Kier molecular flexibility index (Phi) is 2.26. The predicted octanol–water partition coefficient (Wildman–Crippen LogP) is 2.46. The van der Waals surface area contributed by atoms with Crippen LogP contribution in [0.5, 0.6) is 0 Å². The Hall–Kier alpha value is -1.96. The molecular formula is C14H12BN. The zero-order chi connectivity index (χ0) is 10.8. The topological polar surface area (TPSA) is 3.88 Å². The molecule has 1 aromatic carbocycles. The molecule has 3 rings (SSSR count). The number of hydrogen-bond acceptors (Lipinski definition) is 0. The number of nitrogens with zero attached hydrogens (tertiary/aromatic N) is 1. The minimum absolute atomic E-state index is 0.330. The molecule has 0 aliphatic heterocycles. The molecule has 1 nitrogen and oxygen atoms in total. The third-order valence-corrected chi connectivity index (χ3v) is 2.90. The summed E-state index contributed by atoms with van der Waals surface area (Å²) in [5.41, 5.74) is 0. The van der Waals surface area contributed by atoms with E-state index in [9.17, 15) is 0 Å². The van der Waals surface area contributed by atoms with Crippen LogP contribution in [0.4, 0.5) is 0 Å². The standard InChI is InChI=1S/C14H12BN/c1-4-10-16(11-5-1)15-9-8-13-6-2-3-7-14(13)12-15/h1-12H. The lowest BCUT2D eigenvalue weighted by Gasteiger charge is -2.08. The van der Waals surface area contributed by atoms with Gasteiger partial charge in [0.05, 0.1) is 0 Å². The Balaban J connectivity index is 2.19. The van der Waals surface area contributed by atoms with Crippen LogP contribution in [-0.2, 0) is 0 Å². The van der Waals surface area contributed by atoms with Gasteiger partial charge in [0.1, 0.15) is 12.4 Å². The Labute approximate surface area is 95.1 Å². The number of pyridine rings is 1. The van der Waals surface area contributed by atoms with Crippen LogP contribution in [0.1, 0.15) is 0 Å². The highest BCUT2D eigenvalue weighted by Gasteiger charge is 1.95. The summed E-state index contributed by atoms with van der Waals surface area (Å²) in [6.45, 7) is 0.330. The fraction of sp³-hybridized carbons (Fsp3) is 0. The van der Waals surface area contributed by atoms with Crippen LogP contribution in [-0.4, -0.2) is 6.48 Å². The number of benzene rings is 1. The monoisotopic (exact) mass is 205 g/mol. The van der Waals surface area contributed by atoms with E-state index in [4.69, 9.17) is 0 Å². The van der Waals surface area contributed by atoms with E-state index in [1.165, 1.54) is 10.8 Å². The summed E-state index contributed by atoms with van der Waals surface area (Å²) in [7, 11) is 0. The molecule has 0 spiro atoms. The van der Waals surface area contributed by atoms with Gasteiger partial charge < -0.3 is 4.48 Å². The highest BCUT2D eigenvalue weighted by Crippen LogP contribution is 2.10. The molecule has 76 valence electrons. The maximum absolute atomic E-state index is 2.29.